The van der Waals surface area contributed by atoms with Crippen LogP contribution in [0.2, 0.25) is 0 Å². The van der Waals surface area contributed by atoms with Gasteiger partial charge in [-0.1, -0.05) is 6.42 Å². The third-order valence-corrected chi connectivity index (χ3v) is 4.81. The molecule has 19 heavy (non-hydrogen) atoms. The third-order valence-electron chi connectivity index (χ3n) is 3.30. The average molecular weight is 284 g/mol. The predicted molar refractivity (Wildman–Crippen MR) is 71.2 cm³/mol. The molecule has 0 radical (unpaired) electrons. The lowest BCUT2D eigenvalue weighted by molar-refractivity contribution is -0.121. The van der Waals surface area contributed by atoms with Gasteiger partial charge in [-0.3, -0.25) is 0 Å². The Balaban J connectivity index is 1.62. The van der Waals surface area contributed by atoms with Gasteiger partial charge >= 0.3 is 11.9 Å². The minimum atomic E-state index is -0.259. The zero-order chi connectivity index (χ0) is 13.7. The Kier molecular flexibility index (Phi) is 4.75. The van der Waals surface area contributed by atoms with E-state index in [9.17, 15) is 9.59 Å². The quantitative estimate of drug-likeness (QED) is 0.169. The van der Waals surface area contributed by atoms with E-state index in [4.69, 9.17) is 5.53 Å². The van der Waals surface area contributed by atoms with E-state index in [1.54, 1.807) is 0 Å². The maximum Gasteiger partial charge on any atom is 0.315 e. The van der Waals surface area contributed by atoms with Crippen molar-refractivity contribution in [1.29, 1.82) is 0 Å². The van der Waals surface area contributed by atoms with Crippen LogP contribution in [0.15, 0.2) is 5.22 Å². The second-order valence-electron chi connectivity index (χ2n) is 4.59. The number of unbranched alkanes of at least 4 members (excludes halogenated alkanes) is 1. The Bertz CT molecular complexity index is 411. The van der Waals surface area contributed by atoms with Gasteiger partial charge in [-0.05, 0) is 18.1 Å². The molecule has 0 aromatic rings. The number of hydrogen-bond acceptors (Lipinski definition) is 4. The molecule has 0 aliphatic carbocycles. The molecule has 0 unspecified atom stereocenters. The molecule has 8 nitrogen and oxygen atoms in total. The topological polar surface area (TPSA) is 119 Å². The third kappa shape index (κ3) is 3.68. The first-order chi connectivity index (χ1) is 9.20. The highest BCUT2D eigenvalue weighted by Gasteiger charge is 2.42. The maximum absolute atomic E-state index is 11.2. The minimum Gasteiger partial charge on any atom is -0.332 e. The van der Waals surface area contributed by atoms with Crippen molar-refractivity contribution in [3.63, 3.8) is 0 Å². The summed E-state index contributed by atoms with van der Waals surface area (Å²) in [7, 11) is 0. The average Bonchev–Trinajstić information content (AvgIpc) is 2.92. The van der Waals surface area contributed by atoms with Crippen LogP contribution in [-0.2, 0) is 4.79 Å². The van der Waals surface area contributed by atoms with Crippen molar-refractivity contribution in [3.8, 4) is 0 Å². The molecule has 2 saturated heterocycles. The fraction of sp³-hybridized carbons (Fsp3) is 0.800. The van der Waals surface area contributed by atoms with E-state index in [-0.39, 0.29) is 24.0 Å². The van der Waals surface area contributed by atoms with E-state index in [2.05, 4.69) is 26.2 Å². The lowest BCUT2D eigenvalue weighted by Crippen LogP contribution is -2.36. The van der Waals surface area contributed by atoms with Gasteiger partial charge in [0.1, 0.15) is 0 Å². The molecule has 0 aromatic heterocycles. The smallest absolute Gasteiger partial charge is 0.315 e. The minimum absolute atomic E-state index is 0.0750. The summed E-state index contributed by atoms with van der Waals surface area (Å²) in [6.07, 6.45) is 3.00. The Morgan fingerprint density at radius 1 is 1.53 bits per heavy atom. The first-order valence-corrected chi connectivity index (χ1v) is 7.27. The van der Waals surface area contributed by atoms with E-state index >= 15 is 0 Å². The summed E-state index contributed by atoms with van der Waals surface area (Å²) in [6.45, 7) is 0. The lowest BCUT2D eigenvalue weighted by atomic mass is 10.0. The molecule has 2 aliphatic heterocycles. The summed E-state index contributed by atoms with van der Waals surface area (Å²) in [6, 6.07) is 0.388. The monoisotopic (exact) mass is 284 g/mol. The molecule has 3 amide bonds. The SMILES string of the molecule is [N-]=[N+]=NNC(=O)CCCC[C@@H]1SC[C@@H]2NC(=O)N[C@@H]21. The Hall–Kier alpha value is -1.60. The summed E-state index contributed by atoms with van der Waals surface area (Å²) in [5.41, 5.74) is 10.1. The van der Waals surface area contributed by atoms with Crippen molar-refractivity contribution >= 4 is 23.7 Å². The van der Waals surface area contributed by atoms with Gasteiger partial charge in [0, 0.05) is 17.4 Å². The van der Waals surface area contributed by atoms with Crippen molar-refractivity contribution in [1.82, 2.24) is 16.1 Å². The number of amides is 3. The summed E-state index contributed by atoms with van der Waals surface area (Å²) < 4.78 is 0. The Morgan fingerprint density at radius 2 is 2.37 bits per heavy atom. The lowest BCUT2D eigenvalue weighted by Gasteiger charge is -2.16. The number of thioether (sulfide) groups is 1. The number of azide groups is 1. The van der Waals surface area contributed by atoms with Crippen LogP contribution in [0.4, 0.5) is 4.79 Å². The van der Waals surface area contributed by atoms with Crippen molar-refractivity contribution in [2.24, 2.45) is 5.22 Å². The van der Waals surface area contributed by atoms with Gasteiger partial charge in [-0.25, -0.2) is 9.59 Å². The molecule has 0 saturated carbocycles. The van der Waals surface area contributed by atoms with Gasteiger partial charge < -0.3 is 10.6 Å². The van der Waals surface area contributed by atoms with Gasteiger partial charge in [0.25, 0.3) is 0 Å². The molecular weight excluding hydrogens is 268 g/mol. The largest absolute Gasteiger partial charge is 0.332 e. The second-order valence-corrected chi connectivity index (χ2v) is 5.86. The molecule has 2 heterocycles. The molecule has 2 aliphatic rings. The van der Waals surface area contributed by atoms with E-state index in [1.807, 2.05) is 11.8 Å². The van der Waals surface area contributed by atoms with Crippen LogP contribution in [-0.4, -0.2) is 35.0 Å². The van der Waals surface area contributed by atoms with Crippen LogP contribution < -0.4 is 16.1 Å². The molecule has 2 rings (SSSR count). The highest BCUT2D eigenvalue weighted by Crippen LogP contribution is 2.33. The van der Waals surface area contributed by atoms with E-state index in [0.29, 0.717) is 11.7 Å². The predicted octanol–water partition coefficient (Wildman–Crippen LogP) is 1.05. The number of fused-ring (bicyclic) bond motifs is 1. The zero-order valence-electron chi connectivity index (χ0n) is 10.3. The van der Waals surface area contributed by atoms with E-state index in [0.717, 1.165) is 25.0 Å². The van der Waals surface area contributed by atoms with Crippen molar-refractivity contribution < 1.29 is 9.59 Å². The fourth-order valence-corrected chi connectivity index (χ4v) is 3.95. The molecule has 3 atom stereocenters. The molecule has 9 heteroatoms. The van der Waals surface area contributed by atoms with Gasteiger partial charge in [-0.2, -0.15) is 22.1 Å². The number of urea groups is 1. The molecule has 0 bridgehead atoms. The normalized spacial score (nSPS) is 28.0. The summed E-state index contributed by atoms with van der Waals surface area (Å²) >= 11 is 1.86. The molecule has 0 aromatic carbocycles. The Labute approximate surface area is 114 Å². The number of nitrogens with zero attached hydrogens (tertiary/aromatic N) is 3. The molecule has 3 N–H and O–H groups in total. The van der Waals surface area contributed by atoms with Crippen LogP contribution in [0.1, 0.15) is 25.7 Å². The van der Waals surface area contributed by atoms with Crippen LogP contribution >= 0.6 is 11.8 Å². The number of nitrogens with one attached hydrogen (secondary N) is 3. The van der Waals surface area contributed by atoms with Crippen LogP contribution in [0, 0.1) is 0 Å². The van der Waals surface area contributed by atoms with E-state index < -0.39 is 0 Å². The van der Waals surface area contributed by atoms with Gasteiger partial charge in [0.15, 0.2) is 0 Å². The maximum atomic E-state index is 11.2. The first kappa shape index (κ1) is 13.8. The van der Waals surface area contributed by atoms with E-state index in [1.165, 1.54) is 0 Å². The Morgan fingerprint density at radius 3 is 3.16 bits per heavy atom. The summed E-state index contributed by atoms with van der Waals surface area (Å²) in [5.74, 6) is 0.691. The molecule has 104 valence electrons. The zero-order valence-corrected chi connectivity index (χ0v) is 11.2. The number of carbonyl (C=O) groups is 2. The summed E-state index contributed by atoms with van der Waals surface area (Å²) in [4.78, 5) is 24.8. The van der Waals surface area contributed by atoms with Gasteiger partial charge in [0.05, 0.1) is 12.1 Å². The standard InChI is InChI=1S/C10H16N6O2S/c11-15-16-14-8(17)4-2-1-3-7-9-6(5-19-7)12-10(18)13-9/h6-7,9H,1-5H2,(H,14,17)(H2,12,13,18)/t6-,7-,9-/m0/s1. The highest BCUT2D eigenvalue weighted by molar-refractivity contribution is 8.00. The van der Waals surface area contributed by atoms with Crippen molar-refractivity contribution in [2.45, 2.75) is 43.0 Å². The molecule has 2 fully saturated rings. The fourth-order valence-electron chi connectivity index (χ4n) is 2.41. The summed E-state index contributed by atoms with van der Waals surface area (Å²) in [5, 5.41) is 9.26. The number of rotatable bonds is 6. The molecular formula is C10H16N6O2S. The van der Waals surface area contributed by atoms with Gasteiger partial charge in [0.2, 0.25) is 0 Å². The number of carbonyl (C=O) groups excluding carboxylic acids is 2. The second kappa shape index (κ2) is 6.53. The van der Waals surface area contributed by atoms with Crippen LogP contribution in [0.5, 0.6) is 0 Å². The van der Waals surface area contributed by atoms with Gasteiger partial charge in [-0.15, -0.1) is 5.53 Å². The van der Waals surface area contributed by atoms with Crippen molar-refractivity contribution in [2.75, 3.05) is 5.75 Å². The molecule has 0 spiro atoms. The highest BCUT2D eigenvalue weighted by atomic mass is 32.2. The van der Waals surface area contributed by atoms with Crippen LogP contribution in [0.3, 0.4) is 0 Å². The van der Waals surface area contributed by atoms with Crippen LogP contribution in [0.25, 0.3) is 10.4 Å². The first-order valence-electron chi connectivity index (χ1n) is 6.22. The van der Waals surface area contributed by atoms with Crippen molar-refractivity contribution in [3.05, 3.63) is 10.4 Å². The number of hydrogen-bond donors (Lipinski definition) is 3.